The summed E-state index contributed by atoms with van der Waals surface area (Å²) in [4.78, 5) is 0. The Balaban J connectivity index is 2.21. The third-order valence-electron chi connectivity index (χ3n) is 2.03. The van der Waals surface area contributed by atoms with Crippen molar-refractivity contribution in [2.45, 2.75) is 19.3 Å². The minimum Gasteiger partial charge on any atom is -0.445 e. The molecule has 0 heterocycles. The van der Waals surface area contributed by atoms with E-state index in [1.54, 1.807) is 0 Å². The van der Waals surface area contributed by atoms with E-state index in [2.05, 4.69) is 0 Å². The van der Waals surface area contributed by atoms with Gasteiger partial charge in [0, 0.05) is 0 Å². The van der Waals surface area contributed by atoms with Crippen LogP contribution in [0.3, 0.4) is 0 Å². The van der Waals surface area contributed by atoms with Crippen molar-refractivity contribution in [1.82, 2.24) is 0 Å². The van der Waals surface area contributed by atoms with Crippen molar-refractivity contribution in [2.75, 3.05) is 0 Å². The summed E-state index contributed by atoms with van der Waals surface area (Å²) >= 11 is 0. The molecule has 1 aromatic carbocycles. The third kappa shape index (κ3) is 5.99. The van der Waals surface area contributed by atoms with Gasteiger partial charge in [-0.15, -0.1) is 12.1 Å². The molecule has 0 fully saturated rings. The highest BCUT2D eigenvalue weighted by atomic mass is 19.4. The molecule has 0 aliphatic carbocycles. The molecule has 0 saturated carbocycles. The molecule has 0 saturated heterocycles. The van der Waals surface area contributed by atoms with Gasteiger partial charge in [0.1, 0.15) is 0 Å². The molecule has 0 N–H and O–H groups in total. The fraction of sp³-hybridized carbons (Fsp3) is 0.273. The molecule has 0 aliphatic rings. The number of benzene rings is 1. The molecule has 0 spiro atoms. The second kappa shape index (κ2) is 5.64. The zero-order chi connectivity index (χ0) is 11.1. The monoisotopic (exact) mass is 213 g/mol. The van der Waals surface area contributed by atoms with E-state index in [1.807, 2.05) is 30.3 Å². The first-order valence-electron chi connectivity index (χ1n) is 4.99. The second-order valence-electron chi connectivity index (χ2n) is 3.43. The summed E-state index contributed by atoms with van der Waals surface area (Å²) < 4.78 is 35.3. The number of unbranched alkanes of at least 4 members (excludes halogenated alkanes) is 1. The minimum absolute atomic E-state index is 0.366. The number of rotatable bonds is 5. The second-order valence-corrected chi connectivity index (χ2v) is 3.43. The summed E-state index contributed by atoms with van der Waals surface area (Å²) in [6, 6.07) is 9.76. The highest BCUT2D eigenvalue weighted by Crippen LogP contribution is 2.11. The average molecular weight is 213 g/mol. The quantitative estimate of drug-likeness (QED) is 0.513. The fourth-order valence-electron chi connectivity index (χ4n) is 1.32. The lowest BCUT2D eigenvalue weighted by atomic mass is 9.91. The SMILES string of the molecule is F[B-](F)(F)/C=C/CCCc1ccccc1. The first-order chi connectivity index (χ1) is 7.08. The molecule has 0 bridgehead atoms. The summed E-state index contributed by atoms with van der Waals surface area (Å²) in [5.41, 5.74) is 1.17. The molecule has 1 rings (SSSR count). The van der Waals surface area contributed by atoms with Crippen molar-refractivity contribution in [3.63, 3.8) is 0 Å². The molecule has 0 radical (unpaired) electrons. The normalized spacial score (nSPS) is 12.2. The maximum Gasteiger partial charge on any atom is 0.502 e. The van der Waals surface area contributed by atoms with Crippen molar-refractivity contribution in [1.29, 1.82) is 0 Å². The summed E-state index contributed by atoms with van der Waals surface area (Å²) in [7, 11) is 0. The number of hydrogen-bond donors (Lipinski definition) is 0. The van der Waals surface area contributed by atoms with Gasteiger partial charge in [-0.1, -0.05) is 30.3 Å². The van der Waals surface area contributed by atoms with Gasteiger partial charge in [0.25, 0.3) is 0 Å². The maximum atomic E-state index is 11.8. The maximum absolute atomic E-state index is 11.8. The van der Waals surface area contributed by atoms with Gasteiger partial charge in [-0.05, 0) is 24.8 Å². The van der Waals surface area contributed by atoms with Crippen LogP contribution >= 0.6 is 0 Å². The van der Waals surface area contributed by atoms with E-state index in [9.17, 15) is 12.9 Å². The van der Waals surface area contributed by atoms with Gasteiger partial charge in [0.15, 0.2) is 0 Å². The van der Waals surface area contributed by atoms with Crippen LogP contribution < -0.4 is 0 Å². The van der Waals surface area contributed by atoms with Gasteiger partial charge in [0.2, 0.25) is 0 Å². The van der Waals surface area contributed by atoms with E-state index < -0.39 is 6.98 Å². The Labute approximate surface area is 87.9 Å². The van der Waals surface area contributed by atoms with Gasteiger partial charge < -0.3 is 12.9 Å². The lowest BCUT2D eigenvalue weighted by Gasteiger charge is -2.06. The Morgan fingerprint density at radius 3 is 2.33 bits per heavy atom. The Morgan fingerprint density at radius 1 is 1.07 bits per heavy atom. The fourth-order valence-corrected chi connectivity index (χ4v) is 1.32. The van der Waals surface area contributed by atoms with E-state index in [0.29, 0.717) is 12.4 Å². The van der Waals surface area contributed by atoms with Crippen LogP contribution in [0.2, 0.25) is 0 Å². The van der Waals surface area contributed by atoms with Crippen molar-refractivity contribution in [2.24, 2.45) is 0 Å². The number of halogens is 3. The summed E-state index contributed by atoms with van der Waals surface area (Å²) in [5.74, 6) is 0.366. The van der Waals surface area contributed by atoms with Gasteiger partial charge in [-0.3, -0.25) is 0 Å². The van der Waals surface area contributed by atoms with E-state index in [1.165, 1.54) is 11.6 Å². The van der Waals surface area contributed by atoms with Crippen LogP contribution in [0.15, 0.2) is 42.4 Å². The van der Waals surface area contributed by atoms with Crippen molar-refractivity contribution >= 4 is 6.98 Å². The number of aryl methyl sites for hydroxylation is 1. The molecule has 0 nitrogen and oxygen atoms in total. The summed E-state index contributed by atoms with van der Waals surface area (Å²) in [6.07, 6.45) is 3.28. The van der Waals surface area contributed by atoms with Crippen LogP contribution in [-0.2, 0) is 6.42 Å². The predicted octanol–water partition coefficient (Wildman–Crippen LogP) is 3.95. The molecular formula is C11H13BF3-. The lowest BCUT2D eigenvalue weighted by Crippen LogP contribution is -2.09. The Kier molecular flexibility index (Phi) is 4.47. The molecule has 0 aromatic heterocycles. The lowest BCUT2D eigenvalue weighted by molar-refractivity contribution is 0.498. The van der Waals surface area contributed by atoms with Crippen LogP contribution in [0.1, 0.15) is 18.4 Å². The molecule has 4 heteroatoms. The van der Waals surface area contributed by atoms with E-state index in [-0.39, 0.29) is 0 Å². The predicted molar refractivity (Wildman–Crippen MR) is 57.6 cm³/mol. The zero-order valence-corrected chi connectivity index (χ0v) is 8.37. The van der Waals surface area contributed by atoms with E-state index >= 15 is 0 Å². The first-order valence-corrected chi connectivity index (χ1v) is 4.99. The number of hydrogen-bond acceptors (Lipinski definition) is 0. The van der Waals surface area contributed by atoms with Crippen LogP contribution in [0.25, 0.3) is 0 Å². The number of allylic oxidation sites excluding steroid dienone is 1. The van der Waals surface area contributed by atoms with Crippen LogP contribution in [0, 0.1) is 0 Å². The topological polar surface area (TPSA) is 0 Å². The molecule has 15 heavy (non-hydrogen) atoms. The standard InChI is InChI=1S/C11H13BF3/c13-12(14,15)10-6-2-5-9-11-7-3-1-4-8-11/h1,3-4,6-8,10H,2,5,9H2/q-1/b10-6+. The molecule has 0 unspecified atom stereocenters. The van der Waals surface area contributed by atoms with Gasteiger partial charge in [-0.2, -0.15) is 0 Å². The van der Waals surface area contributed by atoms with Crippen LogP contribution in [0.4, 0.5) is 12.9 Å². The average Bonchev–Trinajstić information content (AvgIpc) is 2.17. The molecule has 0 amide bonds. The van der Waals surface area contributed by atoms with Crippen molar-refractivity contribution in [3.05, 3.63) is 47.9 Å². The van der Waals surface area contributed by atoms with Gasteiger partial charge in [0.05, 0.1) is 0 Å². The first kappa shape index (κ1) is 11.9. The molecule has 0 atom stereocenters. The minimum atomic E-state index is -4.76. The largest absolute Gasteiger partial charge is 0.502 e. The van der Waals surface area contributed by atoms with Gasteiger partial charge in [-0.25, -0.2) is 0 Å². The third-order valence-corrected chi connectivity index (χ3v) is 2.03. The van der Waals surface area contributed by atoms with Crippen LogP contribution in [-0.4, -0.2) is 6.98 Å². The molecule has 82 valence electrons. The highest BCUT2D eigenvalue weighted by molar-refractivity contribution is 6.64. The summed E-state index contributed by atoms with van der Waals surface area (Å²) in [6.45, 7) is -4.76. The highest BCUT2D eigenvalue weighted by Gasteiger charge is 2.16. The van der Waals surface area contributed by atoms with E-state index in [0.717, 1.165) is 12.8 Å². The molecular weight excluding hydrogens is 200 g/mol. The molecule has 1 aromatic rings. The Bertz CT molecular complexity index is 303. The Morgan fingerprint density at radius 2 is 1.73 bits per heavy atom. The molecule has 0 aliphatic heterocycles. The van der Waals surface area contributed by atoms with Crippen LogP contribution in [0.5, 0.6) is 0 Å². The van der Waals surface area contributed by atoms with Crippen molar-refractivity contribution in [3.8, 4) is 0 Å². The Hall–Kier alpha value is -1.19. The smallest absolute Gasteiger partial charge is 0.445 e. The van der Waals surface area contributed by atoms with Gasteiger partial charge >= 0.3 is 6.98 Å². The van der Waals surface area contributed by atoms with E-state index in [4.69, 9.17) is 0 Å². The zero-order valence-electron chi connectivity index (χ0n) is 8.37. The summed E-state index contributed by atoms with van der Waals surface area (Å²) in [5, 5.41) is 0. The van der Waals surface area contributed by atoms with Crippen molar-refractivity contribution < 1.29 is 12.9 Å².